The zero-order valence-corrected chi connectivity index (χ0v) is 14.2. The van der Waals surface area contributed by atoms with Crippen LogP contribution in [0, 0.1) is 0 Å². The van der Waals surface area contributed by atoms with Gasteiger partial charge < -0.3 is 15.2 Å². The molecule has 2 rings (SSSR count). The predicted molar refractivity (Wildman–Crippen MR) is 88.6 cm³/mol. The van der Waals surface area contributed by atoms with Gasteiger partial charge in [-0.1, -0.05) is 28.4 Å². The SMILES string of the molecule is CSC1(CNCC(O)COc2cccc(Br)c2)CCC1. The topological polar surface area (TPSA) is 41.5 Å². The predicted octanol–water partition coefficient (Wildman–Crippen LogP) is 3.06. The van der Waals surface area contributed by atoms with Crippen LogP contribution in [0.5, 0.6) is 5.75 Å². The van der Waals surface area contributed by atoms with Crippen molar-refractivity contribution in [2.24, 2.45) is 0 Å². The lowest BCUT2D eigenvalue weighted by Crippen LogP contribution is -2.45. The van der Waals surface area contributed by atoms with E-state index < -0.39 is 6.10 Å². The minimum absolute atomic E-state index is 0.315. The third-order valence-electron chi connectivity index (χ3n) is 3.76. The summed E-state index contributed by atoms with van der Waals surface area (Å²) >= 11 is 5.34. The molecule has 1 aliphatic carbocycles. The van der Waals surface area contributed by atoms with E-state index in [9.17, 15) is 5.11 Å². The number of ether oxygens (including phenoxy) is 1. The Morgan fingerprint density at radius 2 is 2.30 bits per heavy atom. The number of benzene rings is 1. The van der Waals surface area contributed by atoms with Gasteiger partial charge in [-0.05, 0) is 37.3 Å². The molecule has 1 fully saturated rings. The molecule has 1 aromatic carbocycles. The highest BCUT2D eigenvalue weighted by Crippen LogP contribution is 2.42. The first kappa shape index (κ1) is 16.1. The highest BCUT2D eigenvalue weighted by molar-refractivity contribution is 9.10. The molecule has 0 bridgehead atoms. The quantitative estimate of drug-likeness (QED) is 0.748. The fraction of sp³-hybridized carbons (Fsp3) is 0.600. The largest absolute Gasteiger partial charge is 0.491 e. The van der Waals surface area contributed by atoms with Crippen molar-refractivity contribution < 1.29 is 9.84 Å². The summed E-state index contributed by atoms with van der Waals surface area (Å²) in [6, 6.07) is 7.66. The molecule has 0 saturated heterocycles. The molecule has 20 heavy (non-hydrogen) atoms. The average Bonchev–Trinajstić information content (AvgIpc) is 2.40. The zero-order chi connectivity index (χ0) is 14.4. The summed E-state index contributed by atoms with van der Waals surface area (Å²) in [4.78, 5) is 0. The van der Waals surface area contributed by atoms with Crippen LogP contribution in [0.2, 0.25) is 0 Å². The van der Waals surface area contributed by atoms with Crippen molar-refractivity contribution in [3.05, 3.63) is 28.7 Å². The second-order valence-corrected chi connectivity index (χ2v) is 7.48. The van der Waals surface area contributed by atoms with Crippen molar-refractivity contribution in [3.8, 4) is 5.75 Å². The van der Waals surface area contributed by atoms with Crippen LogP contribution < -0.4 is 10.1 Å². The van der Waals surface area contributed by atoms with E-state index >= 15 is 0 Å². The van der Waals surface area contributed by atoms with Gasteiger partial charge in [0.1, 0.15) is 18.5 Å². The molecule has 1 saturated carbocycles. The Labute approximate surface area is 133 Å². The van der Waals surface area contributed by atoms with Gasteiger partial charge in [-0.2, -0.15) is 11.8 Å². The Morgan fingerprint density at radius 3 is 2.90 bits per heavy atom. The lowest BCUT2D eigenvalue weighted by molar-refractivity contribution is 0.105. The number of thioether (sulfide) groups is 1. The monoisotopic (exact) mass is 359 g/mol. The minimum atomic E-state index is -0.479. The fourth-order valence-electron chi connectivity index (χ4n) is 2.30. The van der Waals surface area contributed by atoms with Crippen LogP contribution >= 0.6 is 27.7 Å². The maximum atomic E-state index is 9.93. The standard InChI is InChI=1S/C15H22BrNO2S/c1-20-15(6-3-7-15)11-17-9-13(18)10-19-14-5-2-4-12(16)8-14/h2,4-5,8,13,17-18H,3,6-7,9-11H2,1H3. The van der Waals surface area contributed by atoms with E-state index in [0.29, 0.717) is 17.9 Å². The zero-order valence-electron chi connectivity index (χ0n) is 11.8. The molecule has 0 radical (unpaired) electrons. The van der Waals surface area contributed by atoms with E-state index in [1.807, 2.05) is 36.0 Å². The third-order valence-corrected chi connectivity index (χ3v) is 5.68. The normalized spacial score (nSPS) is 18.4. The molecular weight excluding hydrogens is 338 g/mol. The summed E-state index contributed by atoms with van der Waals surface area (Å²) in [6.45, 7) is 1.87. The minimum Gasteiger partial charge on any atom is -0.491 e. The van der Waals surface area contributed by atoms with Gasteiger partial charge in [-0.3, -0.25) is 0 Å². The van der Waals surface area contributed by atoms with Crippen molar-refractivity contribution in [3.63, 3.8) is 0 Å². The molecule has 0 amide bonds. The Bertz CT molecular complexity index is 421. The number of hydrogen-bond donors (Lipinski definition) is 2. The molecule has 5 heteroatoms. The van der Waals surface area contributed by atoms with E-state index in [2.05, 4.69) is 27.5 Å². The Morgan fingerprint density at radius 1 is 1.50 bits per heavy atom. The third kappa shape index (κ3) is 4.65. The molecule has 0 aliphatic heterocycles. The summed E-state index contributed by atoms with van der Waals surface area (Å²) in [6.07, 6.45) is 5.59. The molecule has 1 aromatic rings. The maximum Gasteiger partial charge on any atom is 0.120 e. The van der Waals surface area contributed by atoms with Gasteiger partial charge in [0.15, 0.2) is 0 Å². The number of aliphatic hydroxyl groups is 1. The number of halogens is 1. The van der Waals surface area contributed by atoms with Crippen LogP contribution in [0.15, 0.2) is 28.7 Å². The summed E-state index contributed by atoms with van der Waals surface area (Å²) < 4.78 is 6.96. The van der Waals surface area contributed by atoms with E-state index in [1.54, 1.807) is 0 Å². The fourth-order valence-corrected chi connectivity index (χ4v) is 3.62. The Balaban J connectivity index is 1.64. The van der Waals surface area contributed by atoms with Gasteiger partial charge in [0.05, 0.1) is 0 Å². The van der Waals surface area contributed by atoms with E-state index in [1.165, 1.54) is 19.3 Å². The average molecular weight is 360 g/mol. The summed E-state index contributed by atoms with van der Waals surface area (Å²) in [5.74, 6) is 0.776. The Hall–Kier alpha value is -0.230. The Kier molecular flexibility index (Phi) is 6.20. The van der Waals surface area contributed by atoms with Gasteiger partial charge >= 0.3 is 0 Å². The van der Waals surface area contributed by atoms with Gasteiger partial charge in [0.25, 0.3) is 0 Å². The van der Waals surface area contributed by atoms with Crippen LogP contribution in [-0.2, 0) is 0 Å². The van der Waals surface area contributed by atoms with Crippen molar-refractivity contribution in [2.45, 2.75) is 30.1 Å². The second kappa shape index (κ2) is 7.69. The first-order chi connectivity index (χ1) is 9.63. The van der Waals surface area contributed by atoms with Gasteiger partial charge in [0, 0.05) is 22.3 Å². The van der Waals surface area contributed by atoms with E-state index in [-0.39, 0.29) is 0 Å². The molecular formula is C15H22BrNO2S. The highest BCUT2D eigenvalue weighted by atomic mass is 79.9. The van der Waals surface area contributed by atoms with Crippen molar-refractivity contribution in [2.75, 3.05) is 26.0 Å². The van der Waals surface area contributed by atoms with Gasteiger partial charge in [0.2, 0.25) is 0 Å². The van der Waals surface area contributed by atoms with Crippen LogP contribution in [0.25, 0.3) is 0 Å². The summed E-state index contributed by atoms with van der Waals surface area (Å²) in [7, 11) is 0. The van der Waals surface area contributed by atoms with Crippen LogP contribution in [-0.4, -0.2) is 41.9 Å². The summed E-state index contributed by atoms with van der Waals surface area (Å²) in [5.41, 5.74) is 0. The highest BCUT2D eigenvalue weighted by Gasteiger charge is 2.35. The molecule has 3 nitrogen and oxygen atoms in total. The first-order valence-electron chi connectivity index (χ1n) is 6.96. The lowest BCUT2D eigenvalue weighted by atomic mass is 9.84. The van der Waals surface area contributed by atoms with Gasteiger partial charge in [-0.25, -0.2) is 0 Å². The lowest BCUT2D eigenvalue weighted by Gasteiger charge is -2.40. The molecule has 2 N–H and O–H groups in total. The molecule has 0 spiro atoms. The van der Waals surface area contributed by atoms with Crippen LogP contribution in [0.3, 0.4) is 0 Å². The number of rotatable bonds is 8. The molecule has 112 valence electrons. The first-order valence-corrected chi connectivity index (χ1v) is 8.98. The van der Waals surface area contributed by atoms with E-state index in [0.717, 1.165) is 16.8 Å². The molecule has 0 aromatic heterocycles. The molecule has 1 atom stereocenters. The number of aliphatic hydroxyl groups excluding tert-OH is 1. The molecule has 1 aliphatic rings. The summed E-state index contributed by atoms with van der Waals surface area (Å²) in [5, 5.41) is 13.3. The van der Waals surface area contributed by atoms with Crippen molar-refractivity contribution in [1.29, 1.82) is 0 Å². The van der Waals surface area contributed by atoms with Crippen LogP contribution in [0.1, 0.15) is 19.3 Å². The second-order valence-electron chi connectivity index (χ2n) is 5.29. The molecule has 1 unspecified atom stereocenters. The maximum absolute atomic E-state index is 9.93. The number of nitrogens with one attached hydrogen (secondary N) is 1. The van der Waals surface area contributed by atoms with Gasteiger partial charge in [-0.15, -0.1) is 0 Å². The smallest absolute Gasteiger partial charge is 0.120 e. The molecule has 0 heterocycles. The van der Waals surface area contributed by atoms with E-state index in [4.69, 9.17) is 4.74 Å². The van der Waals surface area contributed by atoms with Crippen molar-refractivity contribution in [1.82, 2.24) is 5.32 Å². The van der Waals surface area contributed by atoms with Crippen molar-refractivity contribution >= 4 is 27.7 Å². The van der Waals surface area contributed by atoms with Crippen LogP contribution in [0.4, 0.5) is 0 Å². The number of hydrogen-bond acceptors (Lipinski definition) is 4.